The molecule has 0 aliphatic rings. The van der Waals surface area contributed by atoms with Gasteiger partial charge in [-0.2, -0.15) is 0 Å². The number of aryl methyl sites for hydroxylation is 3. The summed E-state index contributed by atoms with van der Waals surface area (Å²) in [5.41, 5.74) is 5.36. The Morgan fingerprint density at radius 2 is 1.53 bits per heavy atom. The molecular formula is C17H21NS. The van der Waals surface area contributed by atoms with Crippen molar-refractivity contribution in [2.24, 2.45) is 0 Å². The van der Waals surface area contributed by atoms with E-state index in [9.17, 15) is 0 Å². The lowest BCUT2D eigenvalue weighted by Gasteiger charge is -2.10. The van der Waals surface area contributed by atoms with Crippen molar-refractivity contribution in [3.8, 4) is 0 Å². The van der Waals surface area contributed by atoms with E-state index >= 15 is 0 Å². The molecule has 0 saturated heterocycles. The molecule has 0 bridgehead atoms. The summed E-state index contributed by atoms with van der Waals surface area (Å²) < 4.78 is 0. The predicted octanol–water partition coefficient (Wildman–Crippen LogP) is 4.48. The van der Waals surface area contributed by atoms with Gasteiger partial charge >= 0.3 is 0 Å². The van der Waals surface area contributed by atoms with E-state index in [4.69, 9.17) is 0 Å². The van der Waals surface area contributed by atoms with Crippen molar-refractivity contribution in [2.45, 2.75) is 37.1 Å². The van der Waals surface area contributed by atoms with Gasteiger partial charge in [0.25, 0.3) is 0 Å². The minimum atomic E-state index is 0.926. The highest BCUT2D eigenvalue weighted by molar-refractivity contribution is 7.99. The zero-order chi connectivity index (χ0) is 13.8. The molecule has 2 rings (SSSR count). The van der Waals surface area contributed by atoms with Crippen LogP contribution in [0.15, 0.2) is 46.2 Å². The first kappa shape index (κ1) is 14.2. The van der Waals surface area contributed by atoms with Gasteiger partial charge < -0.3 is 5.32 Å². The van der Waals surface area contributed by atoms with Gasteiger partial charge in [0.05, 0.1) is 0 Å². The molecule has 0 fully saturated rings. The van der Waals surface area contributed by atoms with E-state index in [0.717, 1.165) is 6.54 Å². The van der Waals surface area contributed by atoms with E-state index < -0.39 is 0 Å². The summed E-state index contributed by atoms with van der Waals surface area (Å²) in [4.78, 5) is 2.68. The number of hydrogen-bond acceptors (Lipinski definition) is 2. The maximum Gasteiger partial charge on any atom is 0.0202 e. The first-order valence-corrected chi connectivity index (χ1v) is 7.41. The normalized spacial score (nSPS) is 10.7. The van der Waals surface area contributed by atoms with Crippen LogP contribution in [-0.2, 0) is 6.54 Å². The molecule has 2 heteroatoms. The molecular weight excluding hydrogens is 250 g/mol. The first-order chi connectivity index (χ1) is 9.10. The topological polar surface area (TPSA) is 12.0 Å². The van der Waals surface area contributed by atoms with Gasteiger partial charge in [-0.1, -0.05) is 41.6 Å². The maximum atomic E-state index is 3.19. The Labute approximate surface area is 120 Å². The van der Waals surface area contributed by atoms with Crippen LogP contribution >= 0.6 is 11.8 Å². The van der Waals surface area contributed by atoms with Crippen LogP contribution in [0.4, 0.5) is 0 Å². The molecule has 2 aromatic carbocycles. The molecule has 0 saturated carbocycles. The average Bonchev–Trinajstić information content (AvgIpc) is 2.36. The van der Waals surface area contributed by atoms with Crippen molar-refractivity contribution >= 4 is 11.8 Å². The van der Waals surface area contributed by atoms with Crippen molar-refractivity contribution in [2.75, 3.05) is 7.05 Å². The van der Waals surface area contributed by atoms with Gasteiger partial charge in [0.2, 0.25) is 0 Å². The van der Waals surface area contributed by atoms with Crippen molar-refractivity contribution in [3.05, 3.63) is 58.7 Å². The van der Waals surface area contributed by atoms with Crippen LogP contribution in [0.25, 0.3) is 0 Å². The third-order valence-electron chi connectivity index (χ3n) is 3.17. The van der Waals surface area contributed by atoms with Gasteiger partial charge in [-0.25, -0.2) is 0 Å². The van der Waals surface area contributed by atoms with Gasteiger partial charge in [-0.15, -0.1) is 0 Å². The molecule has 0 aliphatic carbocycles. The van der Waals surface area contributed by atoms with E-state index in [-0.39, 0.29) is 0 Å². The third kappa shape index (κ3) is 3.62. The highest BCUT2D eigenvalue weighted by atomic mass is 32.2. The fraction of sp³-hybridized carbons (Fsp3) is 0.294. The van der Waals surface area contributed by atoms with Gasteiger partial charge in [0, 0.05) is 16.3 Å². The lowest BCUT2D eigenvalue weighted by atomic mass is 10.1. The molecule has 2 aromatic rings. The molecule has 0 atom stereocenters. The average molecular weight is 271 g/mol. The second-order valence-electron chi connectivity index (χ2n) is 5.00. The summed E-state index contributed by atoms with van der Waals surface area (Å²) in [6.45, 7) is 7.43. The first-order valence-electron chi connectivity index (χ1n) is 6.59. The quantitative estimate of drug-likeness (QED) is 0.879. The lowest BCUT2D eigenvalue weighted by molar-refractivity contribution is 0.815. The molecule has 0 spiro atoms. The SMILES string of the molecule is CNCc1ccc(Sc2ccc(C)cc2C)c(C)c1. The van der Waals surface area contributed by atoms with E-state index in [2.05, 4.69) is 62.5 Å². The smallest absolute Gasteiger partial charge is 0.0202 e. The molecule has 0 radical (unpaired) electrons. The standard InChI is InChI=1S/C17H21NS/c1-12-5-7-16(13(2)9-12)19-17-8-6-15(11-18-4)10-14(17)3/h5-10,18H,11H2,1-4H3. The van der Waals surface area contributed by atoms with Gasteiger partial charge in [0.1, 0.15) is 0 Å². The van der Waals surface area contributed by atoms with Crippen LogP contribution in [0.3, 0.4) is 0 Å². The zero-order valence-corrected chi connectivity index (χ0v) is 12.9. The Balaban J connectivity index is 2.23. The predicted molar refractivity (Wildman–Crippen MR) is 84.0 cm³/mol. The maximum absolute atomic E-state index is 3.19. The molecule has 0 amide bonds. The second-order valence-corrected chi connectivity index (χ2v) is 6.08. The van der Waals surface area contributed by atoms with Crippen LogP contribution < -0.4 is 5.32 Å². The Bertz CT molecular complexity index is 575. The molecule has 100 valence electrons. The fourth-order valence-corrected chi connectivity index (χ4v) is 3.12. The largest absolute Gasteiger partial charge is 0.316 e. The summed E-state index contributed by atoms with van der Waals surface area (Å²) in [6, 6.07) is 13.3. The van der Waals surface area contributed by atoms with Gasteiger partial charge in [-0.3, -0.25) is 0 Å². The van der Waals surface area contributed by atoms with Gasteiger partial charge in [-0.05, 0) is 56.6 Å². The van der Waals surface area contributed by atoms with Crippen LogP contribution in [0, 0.1) is 20.8 Å². The minimum Gasteiger partial charge on any atom is -0.316 e. The molecule has 0 heterocycles. The number of nitrogens with one attached hydrogen (secondary N) is 1. The van der Waals surface area contributed by atoms with Crippen molar-refractivity contribution in [3.63, 3.8) is 0 Å². The summed E-state index contributed by atoms with van der Waals surface area (Å²) >= 11 is 1.86. The lowest BCUT2D eigenvalue weighted by Crippen LogP contribution is -2.05. The Hall–Kier alpha value is -1.25. The molecule has 0 aliphatic heterocycles. The number of benzene rings is 2. The second kappa shape index (κ2) is 6.27. The summed E-state index contributed by atoms with van der Waals surface area (Å²) in [6.07, 6.45) is 0. The Morgan fingerprint density at radius 3 is 2.11 bits per heavy atom. The van der Waals surface area contributed by atoms with Crippen molar-refractivity contribution < 1.29 is 0 Å². The van der Waals surface area contributed by atoms with E-state index in [1.807, 2.05) is 18.8 Å². The van der Waals surface area contributed by atoms with Crippen LogP contribution in [-0.4, -0.2) is 7.05 Å². The Morgan fingerprint density at radius 1 is 0.895 bits per heavy atom. The minimum absolute atomic E-state index is 0.926. The number of rotatable bonds is 4. The van der Waals surface area contributed by atoms with Crippen molar-refractivity contribution in [1.82, 2.24) is 5.32 Å². The summed E-state index contributed by atoms with van der Waals surface area (Å²) in [7, 11) is 1.98. The monoisotopic (exact) mass is 271 g/mol. The Kier molecular flexibility index (Phi) is 4.67. The zero-order valence-electron chi connectivity index (χ0n) is 12.1. The van der Waals surface area contributed by atoms with Crippen molar-refractivity contribution in [1.29, 1.82) is 0 Å². The van der Waals surface area contributed by atoms with E-state index in [1.165, 1.54) is 32.0 Å². The van der Waals surface area contributed by atoms with Crippen LogP contribution in [0.1, 0.15) is 22.3 Å². The molecule has 1 nitrogen and oxygen atoms in total. The van der Waals surface area contributed by atoms with Gasteiger partial charge in [0.15, 0.2) is 0 Å². The molecule has 0 aromatic heterocycles. The fourth-order valence-electron chi connectivity index (χ4n) is 2.17. The molecule has 0 unspecified atom stereocenters. The summed E-state index contributed by atoms with van der Waals surface area (Å²) in [5.74, 6) is 0. The van der Waals surface area contributed by atoms with E-state index in [0.29, 0.717) is 0 Å². The molecule has 19 heavy (non-hydrogen) atoms. The van der Waals surface area contributed by atoms with Crippen LogP contribution in [0.5, 0.6) is 0 Å². The summed E-state index contributed by atoms with van der Waals surface area (Å²) in [5, 5.41) is 3.19. The highest BCUT2D eigenvalue weighted by Crippen LogP contribution is 2.33. The number of hydrogen-bond donors (Lipinski definition) is 1. The highest BCUT2D eigenvalue weighted by Gasteiger charge is 2.05. The van der Waals surface area contributed by atoms with E-state index in [1.54, 1.807) is 0 Å². The third-order valence-corrected chi connectivity index (χ3v) is 4.53. The van der Waals surface area contributed by atoms with Crippen LogP contribution in [0.2, 0.25) is 0 Å². The molecule has 1 N–H and O–H groups in total.